The van der Waals surface area contributed by atoms with Gasteiger partial charge in [0.25, 0.3) is 0 Å². The maximum absolute atomic E-state index is 6.12. The molecule has 17 heavy (non-hydrogen) atoms. The highest BCUT2D eigenvalue weighted by Gasteiger charge is 2.16. The van der Waals surface area contributed by atoms with Crippen LogP contribution in [0.25, 0.3) is 0 Å². The molecule has 1 aromatic heterocycles. The maximum Gasteiger partial charge on any atom is 0.150 e. The van der Waals surface area contributed by atoms with Crippen molar-refractivity contribution in [2.24, 2.45) is 0 Å². The number of hydrogen-bond donors (Lipinski definition) is 0. The summed E-state index contributed by atoms with van der Waals surface area (Å²) in [7, 11) is 1.96. The Bertz CT molecular complexity index is 387. The van der Waals surface area contributed by atoms with E-state index in [2.05, 4.69) is 18.2 Å². The molecule has 1 heterocycles. The van der Waals surface area contributed by atoms with Crippen LogP contribution in [0.15, 0.2) is 6.07 Å². The topological polar surface area (TPSA) is 16.1 Å². The minimum atomic E-state index is 0.287. The van der Waals surface area contributed by atoms with Crippen LogP contribution in [0.3, 0.4) is 0 Å². The average Bonchev–Trinajstić information content (AvgIpc) is 2.29. The lowest BCUT2D eigenvalue weighted by Gasteiger charge is -2.26. The molecule has 2 nitrogen and oxygen atoms in total. The molecule has 0 radical (unpaired) electrons. The Morgan fingerprint density at radius 2 is 2.00 bits per heavy atom. The van der Waals surface area contributed by atoms with Gasteiger partial charge in [-0.15, -0.1) is 0 Å². The monoisotopic (exact) mass is 312 g/mol. The lowest BCUT2D eigenvalue weighted by atomic mass is 10.2. The molecular weight excluding hydrogens is 299 g/mol. The summed E-state index contributed by atoms with van der Waals surface area (Å²) in [6.07, 6.45) is 3.16. The first-order chi connectivity index (χ1) is 7.97. The molecule has 0 bridgehead atoms. The molecule has 0 spiro atoms. The molecule has 1 atom stereocenters. The minimum absolute atomic E-state index is 0.287. The van der Waals surface area contributed by atoms with Crippen molar-refractivity contribution in [1.29, 1.82) is 0 Å². The van der Waals surface area contributed by atoms with E-state index in [4.69, 9.17) is 34.8 Å². The third kappa shape index (κ3) is 4.09. The van der Waals surface area contributed by atoms with Gasteiger partial charge in [0.1, 0.15) is 11.0 Å². The Kier molecular flexibility index (Phi) is 6.21. The Morgan fingerprint density at radius 1 is 1.35 bits per heavy atom. The van der Waals surface area contributed by atoms with Crippen LogP contribution in [0.1, 0.15) is 13.3 Å². The first kappa shape index (κ1) is 15.2. The van der Waals surface area contributed by atoms with Crippen LogP contribution in [-0.2, 0) is 0 Å². The van der Waals surface area contributed by atoms with Crippen molar-refractivity contribution >= 4 is 52.4 Å². The molecule has 1 aromatic rings. The van der Waals surface area contributed by atoms with E-state index < -0.39 is 0 Å². The van der Waals surface area contributed by atoms with Crippen LogP contribution in [0.2, 0.25) is 15.2 Å². The molecule has 0 aliphatic carbocycles. The Morgan fingerprint density at radius 3 is 2.59 bits per heavy atom. The molecule has 0 fully saturated rings. The van der Waals surface area contributed by atoms with Gasteiger partial charge in [-0.2, -0.15) is 11.8 Å². The molecule has 0 amide bonds. The second-order valence-electron chi connectivity index (χ2n) is 3.81. The molecule has 0 saturated carbocycles. The first-order valence-corrected chi connectivity index (χ1v) is 7.73. The number of hydrogen-bond acceptors (Lipinski definition) is 3. The number of thioether (sulfide) groups is 1. The Labute approximate surface area is 122 Å². The summed E-state index contributed by atoms with van der Waals surface area (Å²) in [5.41, 5.74) is 0. The van der Waals surface area contributed by atoms with Crippen LogP contribution in [-0.4, -0.2) is 30.1 Å². The number of nitrogens with zero attached hydrogens (tertiary/aromatic N) is 2. The summed E-state index contributed by atoms with van der Waals surface area (Å²) in [4.78, 5) is 6.25. The summed E-state index contributed by atoms with van der Waals surface area (Å²) in [6.45, 7) is 2.14. The Hall–Kier alpha value is 0.170. The van der Waals surface area contributed by atoms with Gasteiger partial charge < -0.3 is 4.90 Å². The lowest BCUT2D eigenvalue weighted by molar-refractivity contribution is 0.662. The predicted octanol–water partition coefficient (Wildman–Crippen LogP) is 4.62. The molecule has 96 valence electrons. The van der Waals surface area contributed by atoms with Crippen LogP contribution >= 0.6 is 46.6 Å². The Balaban J connectivity index is 2.88. The largest absolute Gasteiger partial charge is 0.356 e. The number of pyridine rings is 1. The smallest absolute Gasteiger partial charge is 0.150 e. The molecular formula is C11H15Cl3N2S. The fourth-order valence-corrected chi connectivity index (χ4v) is 2.58. The SMILES string of the molecule is CSCCC(C)N(C)c1nc(Cl)c(Cl)cc1Cl. The second-order valence-corrected chi connectivity index (χ2v) is 5.97. The van der Waals surface area contributed by atoms with Crippen molar-refractivity contribution in [2.75, 3.05) is 24.0 Å². The number of aromatic nitrogens is 1. The highest BCUT2D eigenvalue weighted by atomic mass is 35.5. The van der Waals surface area contributed by atoms with Gasteiger partial charge in [-0.25, -0.2) is 4.98 Å². The van der Waals surface area contributed by atoms with Gasteiger partial charge in [0.05, 0.1) is 10.0 Å². The molecule has 0 N–H and O–H groups in total. The summed E-state index contributed by atoms with van der Waals surface area (Å²) >= 11 is 19.7. The van der Waals surface area contributed by atoms with E-state index in [-0.39, 0.29) is 5.15 Å². The van der Waals surface area contributed by atoms with Gasteiger partial charge in [0.2, 0.25) is 0 Å². The summed E-state index contributed by atoms with van der Waals surface area (Å²) in [6, 6.07) is 1.98. The highest BCUT2D eigenvalue weighted by molar-refractivity contribution is 7.98. The van der Waals surface area contributed by atoms with E-state index in [9.17, 15) is 0 Å². The summed E-state index contributed by atoms with van der Waals surface area (Å²) in [5, 5.41) is 1.19. The van der Waals surface area contributed by atoms with E-state index in [1.807, 2.05) is 23.7 Å². The summed E-state index contributed by atoms with van der Waals surface area (Å²) < 4.78 is 0. The van der Waals surface area contributed by atoms with Crippen molar-refractivity contribution in [3.05, 3.63) is 21.3 Å². The molecule has 6 heteroatoms. The van der Waals surface area contributed by atoms with Gasteiger partial charge in [-0.3, -0.25) is 0 Å². The maximum atomic E-state index is 6.12. The predicted molar refractivity (Wildman–Crippen MR) is 80.1 cm³/mol. The van der Waals surface area contributed by atoms with Crippen LogP contribution in [0.5, 0.6) is 0 Å². The van der Waals surface area contributed by atoms with E-state index in [1.54, 1.807) is 6.07 Å². The van der Waals surface area contributed by atoms with E-state index in [0.717, 1.165) is 12.2 Å². The van der Waals surface area contributed by atoms with Crippen molar-refractivity contribution in [3.63, 3.8) is 0 Å². The fraction of sp³-hybridized carbons (Fsp3) is 0.545. The normalized spacial score (nSPS) is 12.6. The van der Waals surface area contributed by atoms with Crippen molar-refractivity contribution in [2.45, 2.75) is 19.4 Å². The quantitative estimate of drug-likeness (QED) is 0.738. The molecule has 0 aromatic carbocycles. The van der Waals surface area contributed by atoms with Crippen molar-refractivity contribution in [3.8, 4) is 0 Å². The van der Waals surface area contributed by atoms with Gasteiger partial charge in [-0.1, -0.05) is 34.8 Å². The van der Waals surface area contributed by atoms with Gasteiger partial charge in [0.15, 0.2) is 0 Å². The van der Waals surface area contributed by atoms with Crippen molar-refractivity contribution < 1.29 is 0 Å². The number of anilines is 1. The van der Waals surface area contributed by atoms with Crippen LogP contribution < -0.4 is 4.90 Å². The third-order valence-electron chi connectivity index (χ3n) is 2.60. The zero-order valence-electron chi connectivity index (χ0n) is 10.0. The minimum Gasteiger partial charge on any atom is -0.356 e. The van der Waals surface area contributed by atoms with E-state index in [0.29, 0.717) is 21.9 Å². The molecule has 0 aliphatic rings. The van der Waals surface area contributed by atoms with Gasteiger partial charge in [0, 0.05) is 13.1 Å². The van der Waals surface area contributed by atoms with E-state index >= 15 is 0 Å². The molecule has 0 saturated heterocycles. The average molecular weight is 314 g/mol. The molecule has 1 unspecified atom stereocenters. The first-order valence-electron chi connectivity index (χ1n) is 5.20. The summed E-state index contributed by atoms with van der Waals surface area (Å²) in [5.74, 6) is 1.78. The van der Waals surface area contributed by atoms with Gasteiger partial charge >= 0.3 is 0 Å². The third-order valence-corrected chi connectivity index (χ3v) is 4.20. The van der Waals surface area contributed by atoms with Gasteiger partial charge in [-0.05, 0) is 31.4 Å². The zero-order chi connectivity index (χ0) is 13.0. The zero-order valence-corrected chi connectivity index (χ0v) is 13.1. The number of rotatable bonds is 5. The van der Waals surface area contributed by atoms with Crippen molar-refractivity contribution in [1.82, 2.24) is 4.98 Å². The number of halogens is 3. The van der Waals surface area contributed by atoms with Crippen LogP contribution in [0, 0.1) is 0 Å². The van der Waals surface area contributed by atoms with Crippen LogP contribution in [0.4, 0.5) is 5.82 Å². The van der Waals surface area contributed by atoms with E-state index in [1.165, 1.54) is 0 Å². The standard InChI is InChI=1S/C11H15Cl3N2S/c1-7(4-5-17-3)16(2)11-9(13)6-8(12)10(14)15-11/h6-7H,4-5H2,1-3H3. The molecule has 0 aliphatic heterocycles. The molecule has 1 rings (SSSR count). The highest BCUT2D eigenvalue weighted by Crippen LogP contribution is 2.31. The fourth-order valence-electron chi connectivity index (χ4n) is 1.37. The lowest BCUT2D eigenvalue weighted by Crippen LogP contribution is -2.30. The second kappa shape index (κ2) is 6.93.